The molecule has 0 saturated carbocycles. The van der Waals surface area contributed by atoms with Crippen molar-refractivity contribution in [3.63, 3.8) is 0 Å². The van der Waals surface area contributed by atoms with Crippen LogP contribution in [-0.4, -0.2) is 48.7 Å². The predicted octanol–water partition coefficient (Wildman–Crippen LogP) is 5.05. The molecule has 2 atom stereocenters. The van der Waals surface area contributed by atoms with Crippen LogP contribution >= 0.6 is 0 Å². The third kappa shape index (κ3) is 12.1. The standard InChI is InChI=1S/C26H37NO6S/c1-34(30,31)25(15-7-2-3-8-17-26(28)29)16-9-13-24(21-33-23-14-10-18-27-19-23)32-20-22-11-5-4-6-12-22/h4-6,10-12,14,18-19,24-25H,2-3,7-9,13,15-17,20-21H2,1H3,(H,28,29). The number of hydrogen-bond donors (Lipinski definition) is 1. The van der Waals surface area contributed by atoms with Gasteiger partial charge in [0.2, 0.25) is 0 Å². The van der Waals surface area contributed by atoms with Gasteiger partial charge in [0.1, 0.15) is 22.2 Å². The minimum absolute atomic E-state index is 0.168. The van der Waals surface area contributed by atoms with Gasteiger partial charge in [-0.3, -0.25) is 9.78 Å². The molecule has 1 heterocycles. The average molecular weight is 492 g/mol. The Kier molecular flexibility index (Phi) is 12.6. The SMILES string of the molecule is CS(=O)(=O)C(CCCCCCC(=O)O)CCCC(COc1cccnc1)OCc1ccccc1. The number of aliphatic carboxylic acids is 1. The van der Waals surface area contributed by atoms with E-state index in [2.05, 4.69) is 4.98 Å². The lowest BCUT2D eigenvalue weighted by molar-refractivity contribution is -0.137. The molecule has 0 bridgehead atoms. The Morgan fingerprint density at radius 3 is 2.38 bits per heavy atom. The number of hydrogen-bond acceptors (Lipinski definition) is 6. The first kappa shape index (κ1) is 27.8. The minimum atomic E-state index is -3.15. The van der Waals surface area contributed by atoms with Crippen molar-refractivity contribution in [1.82, 2.24) is 4.98 Å². The van der Waals surface area contributed by atoms with E-state index >= 15 is 0 Å². The average Bonchev–Trinajstić information content (AvgIpc) is 2.81. The van der Waals surface area contributed by atoms with E-state index in [-0.39, 0.29) is 17.8 Å². The summed E-state index contributed by atoms with van der Waals surface area (Å²) in [6.45, 7) is 0.833. The second-order valence-electron chi connectivity index (χ2n) is 8.65. The lowest BCUT2D eigenvalue weighted by Crippen LogP contribution is -2.24. The number of benzene rings is 1. The number of unbranched alkanes of at least 4 members (excludes halogenated alkanes) is 3. The first-order valence-corrected chi connectivity index (χ1v) is 13.9. The van der Waals surface area contributed by atoms with Crippen molar-refractivity contribution in [2.45, 2.75) is 75.7 Å². The van der Waals surface area contributed by atoms with Crippen molar-refractivity contribution in [1.29, 1.82) is 0 Å². The Labute approximate surface area is 203 Å². The van der Waals surface area contributed by atoms with Gasteiger partial charge in [-0.25, -0.2) is 8.42 Å². The summed E-state index contributed by atoms with van der Waals surface area (Å²) in [5.74, 6) is -0.113. The second-order valence-corrected chi connectivity index (χ2v) is 11.0. The maximum absolute atomic E-state index is 12.3. The number of carbonyl (C=O) groups is 1. The molecular weight excluding hydrogens is 454 g/mol. The molecule has 1 aromatic carbocycles. The highest BCUT2D eigenvalue weighted by Crippen LogP contribution is 2.20. The lowest BCUT2D eigenvalue weighted by atomic mass is 10.0. The minimum Gasteiger partial charge on any atom is -0.489 e. The lowest BCUT2D eigenvalue weighted by Gasteiger charge is -2.20. The number of ether oxygens (including phenoxy) is 2. The van der Waals surface area contributed by atoms with E-state index in [9.17, 15) is 13.2 Å². The molecule has 1 N–H and O–H groups in total. The molecule has 1 aromatic heterocycles. The van der Waals surface area contributed by atoms with Crippen LogP contribution in [0.15, 0.2) is 54.9 Å². The van der Waals surface area contributed by atoms with Gasteiger partial charge in [0.25, 0.3) is 0 Å². The largest absolute Gasteiger partial charge is 0.489 e. The van der Waals surface area contributed by atoms with Gasteiger partial charge in [-0.05, 0) is 49.8 Å². The Balaban J connectivity index is 1.83. The Bertz CT molecular complexity index is 877. The quantitative estimate of drug-likeness (QED) is 0.291. The van der Waals surface area contributed by atoms with Crippen LogP contribution in [0.1, 0.15) is 63.4 Å². The fourth-order valence-corrected chi connectivity index (χ4v) is 4.96. The number of nitrogens with zero attached hydrogens (tertiary/aromatic N) is 1. The summed E-state index contributed by atoms with van der Waals surface area (Å²) in [5.41, 5.74) is 1.07. The van der Waals surface area contributed by atoms with Crippen LogP contribution in [0, 0.1) is 0 Å². The summed E-state index contributed by atoms with van der Waals surface area (Å²) in [4.78, 5) is 14.7. The highest BCUT2D eigenvalue weighted by atomic mass is 32.2. The van der Waals surface area contributed by atoms with Crippen LogP contribution in [0.2, 0.25) is 0 Å². The van der Waals surface area contributed by atoms with E-state index in [1.54, 1.807) is 12.4 Å². The first-order valence-electron chi connectivity index (χ1n) is 11.9. The number of sulfone groups is 1. The predicted molar refractivity (Wildman–Crippen MR) is 133 cm³/mol. The fourth-order valence-electron chi connectivity index (χ4n) is 3.77. The van der Waals surface area contributed by atoms with Crippen LogP contribution in [0.3, 0.4) is 0 Å². The van der Waals surface area contributed by atoms with Crippen LogP contribution < -0.4 is 4.74 Å². The molecule has 0 spiro atoms. The molecule has 8 heteroatoms. The van der Waals surface area contributed by atoms with Crippen molar-refractivity contribution < 1.29 is 27.8 Å². The molecule has 188 valence electrons. The van der Waals surface area contributed by atoms with Crippen molar-refractivity contribution in [2.75, 3.05) is 12.9 Å². The zero-order chi connectivity index (χ0) is 24.7. The number of carboxylic acid groups (broad SMARTS) is 1. The normalized spacial score (nSPS) is 13.3. The van der Waals surface area contributed by atoms with Crippen LogP contribution in [-0.2, 0) is 26.0 Å². The summed E-state index contributed by atoms with van der Waals surface area (Å²) in [6, 6.07) is 13.6. The highest BCUT2D eigenvalue weighted by molar-refractivity contribution is 7.91. The number of carboxylic acids is 1. The molecule has 34 heavy (non-hydrogen) atoms. The molecule has 2 aromatic rings. The summed E-state index contributed by atoms with van der Waals surface area (Å²) >= 11 is 0. The van der Waals surface area contributed by atoms with Gasteiger partial charge >= 0.3 is 5.97 Å². The first-order chi connectivity index (χ1) is 16.3. The van der Waals surface area contributed by atoms with Crippen LogP contribution in [0.25, 0.3) is 0 Å². The van der Waals surface area contributed by atoms with Gasteiger partial charge in [-0.15, -0.1) is 0 Å². The van der Waals surface area contributed by atoms with E-state index in [1.165, 1.54) is 6.26 Å². The maximum Gasteiger partial charge on any atom is 0.303 e. The van der Waals surface area contributed by atoms with Gasteiger partial charge in [0.15, 0.2) is 0 Å². The molecule has 0 aliphatic rings. The van der Waals surface area contributed by atoms with Crippen molar-refractivity contribution in [3.05, 3.63) is 60.4 Å². The molecule has 0 fully saturated rings. The van der Waals surface area contributed by atoms with Crippen molar-refractivity contribution >= 4 is 15.8 Å². The highest BCUT2D eigenvalue weighted by Gasteiger charge is 2.21. The summed E-state index contributed by atoms with van der Waals surface area (Å²) in [6.07, 6.45) is 10.3. The molecule has 2 unspecified atom stereocenters. The van der Waals surface area contributed by atoms with E-state index in [4.69, 9.17) is 14.6 Å². The zero-order valence-electron chi connectivity index (χ0n) is 20.0. The van der Waals surface area contributed by atoms with Gasteiger partial charge < -0.3 is 14.6 Å². The van der Waals surface area contributed by atoms with Crippen molar-refractivity contribution in [2.24, 2.45) is 0 Å². The van der Waals surface area contributed by atoms with Gasteiger partial charge in [0.05, 0.1) is 24.2 Å². The monoisotopic (exact) mass is 491 g/mol. The molecule has 0 radical (unpaired) electrons. The molecule has 2 rings (SSSR count). The van der Waals surface area contributed by atoms with E-state index in [0.717, 1.165) is 24.8 Å². The fraction of sp³-hybridized carbons (Fsp3) is 0.538. The Morgan fingerprint density at radius 1 is 0.971 bits per heavy atom. The summed E-state index contributed by atoms with van der Waals surface area (Å²) < 4.78 is 36.6. The molecule has 0 saturated heterocycles. The van der Waals surface area contributed by atoms with E-state index in [0.29, 0.717) is 51.1 Å². The van der Waals surface area contributed by atoms with Crippen molar-refractivity contribution in [3.8, 4) is 5.75 Å². The topological polar surface area (TPSA) is 103 Å². The van der Waals surface area contributed by atoms with Crippen LogP contribution in [0.5, 0.6) is 5.75 Å². The van der Waals surface area contributed by atoms with E-state index < -0.39 is 15.8 Å². The second kappa shape index (κ2) is 15.5. The molecule has 0 aliphatic heterocycles. The van der Waals surface area contributed by atoms with E-state index in [1.807, 2.05) is 42.5 Å². The van der Waals surface area contributed by atoms with Gasteiger partial charge in [0, 0.05) is 18.9 Å². The maximum atomic E-state index is 12.3. The number of pyridine rings is 1. The third-order valence-corrected chi connectivity index (χ3v) is 7.41. The smallest absolute Gasteiger partial charge is 0.303 e. The van der Waals surface area contributed by atoms with Crippen LogP contribution in [0.4, 0.5) is 0 Å². The number of aromatic nitrogens is 1. The van der Waals surface area contributed by atoms with Gasteiger partial charge in [-0.2, -0.15) is 0 Å². The molecular formula is C26H37NO6S. The molecule has 0 aliphatic carbocycles. The summed E-state index contributed by atoms with van der Waals surface area (Å²) in [5, 5.41) is 8.32. The Hall–Kier alpha value is -2.45. The molecule has 7 nitrogen and oxygen atoms in total. The molecule has 0 amide bonds. The zero-order valence-corrected chi connectivity index (χ0v) is 20.8. The number of rotatable bonds is 18. The summed E-state index contributed by atoms with van der Waals surface area (Å²) in [7, 11) is -3.15. The van der Waals surface area contributed by atoms with Gasteiger partial charge in [-0.1, -0.05) is 49.6 Å². The Morgan fingerprint density at radius 2 is 1.71 bits per heavy atom. The third-order valence-electron chi connectivity index (χ3n) is 5.72.